The summed E-state index contributed by atoms with van der Waals surface area (Å²) in [7, 11) is 0. The molecule has 1 heterocycles. The lowest BCUT2D eigenvalue weighted by molar-refractivity contribution is -0.159. The van der Waals surface area contributed by atoms with E-state index >= 15 is 0 Å². The van der Waals surface area contributed by atoms with Gasteiger partial charge < -0.3 is 31.1 Å². The van der Waals surface area contributed by atoms with Gasteiger partial charge in [-0.25, -0.2) is 19.2 Å². The molecule has 27 heavy (non-hydrogen) atoms. The Hall–Kier alpha value is -2.66. The number of carboxylic acids is 4. The minimum atomic E-state index is -1.82. The lowest BCUT2D eigenvalue weighted by Gasteiger charge is -2.14. The topological polar surface area (TPSA) is 173 Å². The lowest BCUT2D eigenvalue weighted by atomic mass is 10.2. The molecule has 1 aliphatic heterocycles. The molecule has 2 rings (SSSR count). The summed E-state index contributed by atoms with van der Waals surface area (Å²) in [4.78, 5) is 36.4. The van der Waals surface area contributed by atoms with Gasteiger partial charge in [-0.2, -0.15) is 0 Å². The largest absolute Gasteiger partial charge is 0.473 e. The van der Waals surface area contributed by atoms with Gasteiger partial charge in [-0.3, -0.25) is 0 Å². The Morgan fingerprint density at radius 3 is 1.96 bits per heavy atom. The first-order chi connectivity index (χ1) is 12.5. The molecule has 11 heteroatoms. The van der Waals surface area contributed by atoms with Gasteiger partial charge in [0, 0.05) is 22.7 Å². The minimum Gasteiger partial charge on any atom is -0.473 e. The molecule has 1 atom stereocenters. The van der Waals surface area contributed by atoms with Gasteiger partial charge in [0.2, 0.25) is 0 Å². The minimum absolute atomic E-state index is 0.646. The molecule has 0 amide bonds. The van der Waals surface area contributed by atoms with E-state index in [4.69, 9.17) is 39.6 Å². The molecule has 0 saturated carbocycles. The van der Waals surface area contributed by atoms with E-state index in [1.807, 2.05) is 0 Å². The van der Waals surface area contributed by atoms with Gasteiger partial charge in [0.15, 0.2) is 0 Å². The van der Waals surface area contributed by atoms with Crippen LogP contribution in [-0.2, 0) is 19.2 Å². The molecule has 0 radical (unpaired) electrons. The number of hydrogen-bond donors (Lipinski definition) is 6. The fourth-order valence-electron chi connectivity index (χ4n) is 1.99. The molecule has 0 bridgehead atoms. The van der Waals surface area contributed by atoms with E-state index in [2.05, 4.69) is 51.7 Å². The highest BCUT2D eigenvalue weighted by molar-refractivity contribution is 9.10. The number of carboxylic acid groups (broad SMARTS) is 4. The number of aliphatic carboxylic acids is 4. The predicted octanol–water partition coefficient (Wildman–Crippen LogP) is 1.23. The molecule has 1 saturated heterocycles. The molecule has 0 aromatic heterocycles. The third-order valence-electron chi connectivity index (χ3n) is 3.26. The normalized spacial score (nSPS) is 14.7. The summed E-state index contributed by atoms with van der Waals surface area (Å²) in [6, 6.07) is 7.00. The number of rotatable bonds is 3. The molecule has 0 spiro atoms. The summed E-state index contributed by atoms with van der Waals surface area (Å²) < 4.78 is 1.14. The van der Waals surface area contributed by atoms with Crippen LogP contribution in [0.25, 0.3) is 0 Å². The van der Waals surface area contributed by atoms with Crippen molar-refractivity contribution in [2.75, 3.05) is 18.4 Å². The van der Waals surface area contributed by atoms with E-state index < -0.39 is 23.9 Å². The van der Waals surface area contributed by atoms with Crippen LogP contribution in [0.2, 0.25) is 0 Å². The van der Waals surface area contributed by atoms with E-state index in [0.29, 0.717) is 6.04 Å². The molecule has 150 valence electrons. The van der Waals surface area contributed by atoms with Gasteiger partial charge in [-0.15, -0.1) is 0 Å². The second-order valence-corrected chi connectivity index (χ2v) is 6.27. The Morgan fingerprint density at radius 1 is 1.07 bits per heavy atom. The van der Waals surface area contributed by atoms with Crippen molar-refractivity contribution >= 4 is 45.5 Å². The number of halogens is 1. The zero-order valence-corrected chi connectivity index (χ0v) is 16.0. The Balaban J connectivity index is 0.000000470. The zero-order chi connectivity index (χ0) is 21.0. The molecule has 10 nitrogen and oxygen atoms in total. The first-order valence-electron chi connectivity index (χ1n) is 7.70. The maximum atomic E-state index is 9.10. The van der Waals surface area contributed by atoms with Crippen LogP contribution in [-0.4, -0.2) is 63.4 Å². The second-order valence-electron chi connectivity index (χ2n) is 5.35. The van der Waals surface area contributed by atoms with Gasteiger partial charge >= 0.3 is 23.9 Å². The van der Waals surface area contributed by atoms with Crippen LogP contribution in [0.1, 0.15) is 18.4 Å². The van der Waals surface area contributed by atoms with Crippen molar-refractivity contribution < 1.29 is 39.6 Å². The monoisotopic (exact) mass is 448 g/mol. The molecule has 0 aliphatic carbocycles. The van der Waals surface area contributed by atoms with E-state index in [0.717, 1.165) is 11.0 Å². The highest BCUT2D eigenvalue weighted by atomic mass is 79.9. The molecular weight excluding hydrogens is 428 g/mol. The van der Waals surface area contributed by atoms with Crippen LogP contribution in [0.4, 0.5) is 5.69 Å². The highest BCUT2D eigenvalue weighted by Crippen LogP contribution is 2.20. The Kier molecular flexibility index (Phi) is 11.4. The van der Waals surface area contributed by atoms with Crippen LogP contribution in [0.3, 0.4) is 0 Å². The van der Waals surface area contributed by atoms with Crippen LogP contribution in [0, 0.1) is 6.92 Å². The highest BCUT2D eigenvalue weighted by Gasteiger charge is 2.13. The summed E-state index contributed by atoms with van der Waals surface area (Å²) in [5.41, 5.74) is 2.54. The smallest absolute Gasteiger partial charge is 0.414 e. The van der Waals surface area contributed by atoms with Gasteiger partial charge in [0.1, 0.15) is 0 Å². The molecular formula is C16H21BrN2O8. The first-order valence-corrected chi connectivity index (χ1v) is 8.49. The molecule has 6 N–H and O–H groups in total. The van der Waals surface area contributed by atoms with Gasteiger partial charge in [0.05, 0.1) is 0 Å². The predicted molar refractivity (Wildman–Crippen MR) is 98.9 cm³/mol. The van der Waals surface area contributed by atoms with E-state index in [1.165, 1.54) is 30.6 Å². The summed E-state index contributed by atoms with van der Waals surface area (Å²) in [6.07, 6.45) is 2.61. The standard InChI is InChI=1S/C12H17BrN2.2C2H2O4/c1-9-7-10(13)4-5-12(9)15-8-11-3-2-6-14-11;2*3-1(4)2(5)6/h4-5,7,11,14-15H,2-3,6,8H2,1H3;2*(H,3,4)(H,5,6). The average Bonchev–Trinajstić information content (AvgIpc) is 3.08. The fraction of sp³-hybridized carbons (Fsp3) is 0.375. The van der Waals surface area contributed by atoms with Crippen LogP contribution in [0.5, 0.6) is 0 Å². The molecule has 1 fully saturated rings. The van der Waals surface area contributed by atoms with Crippen LogP contribution < -0.4 is 10.6 Å². The maximum Gasteiger partial charge on any atom is 0.414 e. The second kappa shape index (κ2) is 12.7. The number of carbonyl (C=O) groups is 4. The van der Waals surface area contributed by atoms with Crippen LogP contribution in [0.15, 0.2) is 22.7 Å². The molecule has 1 aromatic carbocycles. The molecule has 1 unspecified atom stereocenters. The third kappa shape index (κ3) is 11.5. The zero-order valence-electron chi connectivity index (χ0n) is 14.4. The van der Waals surface area contributed by atoms with E-state index in [9.17, 15) is 0 Å². The van der Waals surface area contributed by atoms with Crippen molar-refractivity contribution in [3.8, 4) is 0 Å². The van der Waals surface area contributed by atoms with Gasteiger partial charge in [0.25, 0.3) is 0 Å². The van der Waals surface area contributed by atoms with Crippen LogP contribution >= 0.6 is 15.9 Å². The Bertz CT molecular complexity index is 626. The van der Waals surface area contributed by atoms with Crippen molar-refractivity contribution in [3.05, 3.63) is 28.2 Å². The molecule has 1 aromatic rings. The number of benzene rings is 1. The average molecular weight is 449 g/mol. The van der Waals surface area contributed by atoms with Crippen molar-refractivity contribution in [1.82, 2.24) is 5.32 Å². The summed E-state index contributed by atoms with van der Waals surface area (Å²) in [6.45, 7) is 4.34. The lowest BCUT2D eigenvalue weighted by Crippen LogP contribution is -2.29. The maximum absolute atomic E-state index is 9.10. The van der Waals surface area contributed by atoms with Crippen molar-refractivity contribution in [2.45, 2.75) is 25.8 Å². The quantitative estimate of drug-likeness (QED) is 0.369. The van der Waals surface area contributed by atoms with Crippen molar-refractivity contribution in [3.63, 3.8) is 0 Å². The van der Waals surface area contributed by atoms with E-state index in [-0.39, 0.29) is 0 Å². The summed E-state index contributed by atoms with van der Waals surface area (Å²) in [5.74, 6) is -7.30. The number of aryl methyl sites for hydroxylation is 1. The Labute approximate surface area is 163 Å². The molecule has 1 aliphatic rings. The Morgan fingerprint density at radius 2 is 1.59 bits per heavy atom. The van der Waals surface area contributed by atoms with E-state index in [1.54, 1.807) is 0 Å². The fourth-order valence-corrected chi connectivity index (χ4v) is 2.47. The first kappa shape index (κ1) is 24.3. The number of nitrogens with one attached hydrogen (secondary N) is 2. The summed E-state index contributed by atoms with van der Waals surface area (Å²) in [5, 5.41) is 36.5. The summed E-state index contributed by atoms with van der Waals surface area (Å²) >= 11 is 3.47. The van der Waals surface area contributed by atoms with Gasteiger partial charge in [-0.05, 0) is 50.1 Å². The third-order valence-corrected chi connectivity index (χ3v) is 3.75. The van der Waals surface area contributed by atoms with Crippen molar-refractivity contribution in [1.29, 1.82) is 0 Å². The SMILES string of the molecule is Cc1cc(Br)ccc1NCC1CCCN1.O=C(O)C(=O)O.O=C(O)C(=O)O. The number of anilines is 1. The number of hydrogen-bond acceptors (Lipinski definition) is 6. The van der Waals surface area contributed by atoms with Gasteiger partial charge in [-0.1, -0.05) is 15.9 Å². The van der Waals surface area contributed by atoms with Crippen molar-refractivity contribution in [2.24, 2.45) is 0 Å².